The van der Waals surface area contributed by atoms with E-state index in [1.807, 2.05) is 0 Å². The van der Waals surface area contributed by atoms with Gasteiger partial charge in [0.25, 0.3) is 17.7 Å². The highest BCUT2D eigenvalue weighted by atomic mass is 35.5. The van der Waals surface area contributed by atoms with E-state index < -0.39 is 23.5 Å². The number of amides is 3. The molecule has 166 valence electrons. The van der Waals surface area contributed by atoms with Crippen LogP contribution in [0.15, 0.2) is 53.3 Å². The van der Waals surface area contributed by atoms with Crippen LogP contribution in [0.1, 0.15) is 38.3 Å². The van der Waals surface area contributed by atoms with Crippen LogP contribution in [0.3, 0.4) is 0 Å². The topological polar surface area (TPSA) is 139 Å². The molecule has 3 aromatic rings. The van der Waals surface area contributed by atoms with E-state index in [0.29, 0.717) is 11.4 Å². The second kappa shape index (κ2) is 10.0. The van der Waals surface area contributed by atoms with Crippen molar-refractivity contribution in [2.24, 2.45) is 5.73 Å². The molecule has 3 rings (SSSR count). The van der Waals surface area contributed by atoms with Crippen LogP contribution in [-0.4, -0.2) is 35.3 Å². The Balaban J connectivity index is 1.64. The lowest BCUT2D eigenvalue weighted by atomic mass is 10.2. The smallest absolute Gasteiger partial charge is 0.293 e. The van der Waals surface area contributed by atoms with Crippen molar-refractivity contribution in [1.82, 2.24) is 10.3 Å². The van der Waals surface area contributed by atoms with Gasteiger partial charge in [0.05, 0.1) is 10.6 Å². The number of aromatic nitrogens is 1. The predicted molar refractivity (Wildman–Crippen MR) is 116 cm³/mol. The van der Waals surface area contributed by atoms with Crippen LogP contribution >= 0.6 is 11.6 Å². The molecule has 1 unspecified atom stereocenters. The van der Waals surface area contributed by atoms with E-state index in [4.69, 9.17) is 21.8 Å². The van der Waals surface area contributed by atoms with Crippen molar-refractivity contribution < 1.29 is 23.2 Å². The molecule has 0 aliphatic carbocycles. The maximum absolute atomic E-state index is 13.1. The predicted octanol–water partition coefficient (Wildman–Crippen LogP) is 3.05. The molecule has 0 spiro atoms. The Morgan fingerprint density at radius 1 is 1.06 bits per heavy atom. The van der Waals surface area contributed by atoms with Crippen LogP contribution in [0.5, 0.6) is 0 Å². The zero-order chi connectivity index (χ0) is 23.3. The molecule has 0 saturated heterocycles. The number of benzene rings is 2. The molecule has 32 heavy (non-hydrogen) atoms. The van der Waals surface area contributed by atoms with E-state index in [1.54, 1.807) is 19.1 Å². The summed E-state index contributed by atoms with van der Waals surface area (Å²) in [4.78, 5) is 40.7. The van der Waals surface area contributed by atoms with Gasteiger partial charge >= 0.3 is 0 Å². The summed E-state index contributed by atoms with van der Waals surface area (Å²) in [5.41, 5.74) is 6.35. The largest absolute Gasteiger partial charge is 0.437 e. The molecule has 0 fully saturated rings. The van der Waals surface area contributed by atoms with E-state index >= 15 is 0 Å². The third-order valence-corrected chi connectivity index (χ3v) is 4.46. The number of carbonyl (C=O) groups excluding carboxylic acids is 3. The number of carbonyl (C=O) groups is 3. The van der Waals surface area contributed by atoms with Gasteiger partial charge in [-0.3, -0.25) is 14.4 Å². The number of nitrogens with zero attached hydrogens (tertiary/aromatic N) is 1. The van der Waals surface area contributed by atoms with Crippen molar-refractivity contribution in [3.63, 3.8) is 0 Å². The highest BCUT2D eigenvalue weighted by Gasteiger charge is 2.23. The van der Waals surface area contributed by atoms with Crippen molar-refractivity contribution in [3.05, 3.63) is 76.7 Å². The normalized spacial score (nSPS) is 11.5. The Bertz CT molecular complexity index is 1150. The van der Waals surface area contributed by atoms with Crippen molar-refractivity contribution >= 4 is 40.7 Å². The van der Waals surface area contributed by atoms with Crippen LogP contribution in [0.2, 0.25) is 5.02 Å². The van der Waals surface area contributed by atoms with Crippen molar-refractivity contribution in [2.45, 2.75) is 13.0 Å². The summed E-state index contributed by atoms with van der Waals surface area (Å²) in [5.74, 6) is -2.58. The zero-order valence-electron chi connectivity index (χ0n) is 16.8. The van der Waals surface area contributed by atoms with Gasteiger partial charge in [-0.1, -0.05) is 11.6 Å². The number of halogens is 2. The molecule has 0 aliphatic heterocycles. The lowest BCUT2D eigenvalue weighted by Crippen LogP contribution is -2.36. The number of hydrogen-bond donors (Lipinski definition) is 4. The van der Waals surface area contributed by atoms with Crippen LogP contribution < -0.4 is 21.7 Å². The van der Waals surface area contributed by atoms with Gasteiger partial charge in [-0.15, -0.1) is 0 Å². The number of hydrogen-bond acceptors (Lipinski definition) is 6. The van der Waals surface area contributed by atoms with Gasteiger partial charge in [0.1, 0.15) is 5.82 Å². The fourth-order valence-corrected chi connectivity index (χ4v) is 2.86. The molecule has 3 amide bonds. The molecular weight excluding hydrogens is 441 g/mol. The van der Waals surface area contributed by atoms with Gasteiger partial charge in [-0.25, -0.2) is 9.37 Å². The Morgan fingerprint density at radius 3 is 2.28 bits per heavy atom. The number of nitrogens with two attached hydrogens (primary N) is 1. The summed E-state index contributed by atoms with van der Waals surface area (Å²) in [6.07, 6.45) is 0.995. The van der Waals surface area contributed by atoms with E-state index in [1.165, 1.54) is 18.2 Å². The molecule has 1 heterocycles. The van der Waals surface area contributed by atoms with Crippen LogP contribution in [0.25, 0.3) is 0 Å². The van der Waals surface area contributed by atoms with Crippen LogP contribution in [0.4, 0.5) is 15.8 Å². The number of nitrogens with one attached hydrogen (secondary N) is 3. The number of oxazole rings is 1. The van der Waals surface area contributed by atoms with Gasteiger partial charge < -0.3 is 26.1 Å². The van der Waals surface area contributed by atoms with Gasteiger partial charge in [0.2, 0.25) is 5.76 Å². The first-order valence-corrected chi connectivity index (χ1v) is 9.77. The third kappa shape index (κ3) is 5.68. The average molecular weight is 460 g/mol. The molecule has 1 aromatic heterocycles. The SMILES string of the molecule is CC(N)CNC(=O)c1ncoc1C(=O)Nc1ccc(NC(=O)c2ccc(F)cc2Cl)cc1. The number of anilines is 2. The van der Waals surface area contributed by atoms with E-state index in [-0.39, 0.29) is 34.6 Å². The van der Waals surface area contributed by atoms with E-state index in [9.17, 15) is 18.8 Å². The lowest BCUT2D eigenvalue weighted by Gasteiger charge is -2.09. The summed E-state index contributed by atoms with van der Waals surface area (Å²) in [5, 5.41) is 7.74. The van der Waals surface area contributed by atoms with E-state index in [2.05, 4.69) is 20.9 Å². The monoisotopic (exact) mass is 459 g/mol. The molecule has 0 aliphatic rings. The fraction of sp³-hybridized carbons (Fsp3) is 0.143. The highest BCUT2D eigenvalue weighted by Crippen LogP contribution is 2.20. The maximum Gasteiger partial charge on any atom is 0.293 e. The Kier molecular flexibility index (Phi) is 7.18. The van der Waals surface area contributed by atoms with E-state index in [0.717, 1.165) is 18.5 Å². The van der Waals surface area contributed by atoms with Gasteiger partial charge in [-0.2, -0.15) is 0 Å². The first-order valence-electron chi connectivity index (χ1n) is 9.39. The zero-order valence-corrected chi connectivity index (χ0v) is 17.6. The molecule has 11 heteroatoms. The third-order valence-electron chi connectivity index (χ3n) is 4.15. The Labute approximate surface area is 187 Å². The average Bonchev–Trinajstić information content (AvgIpc) is 3.23. The van der Waals surface area contributed by atoms with Gasteiger partial charge in [-0.05, 0) is 49.4 Å². The van der Waals surface area contributed by atoms with Gasteiger partial charge in [0.15, 0.2) is 12.1 Å². The molecule has 0 saturated carbocycles. The van der Waals surface area contributed by atoms with Crippen molar-refractivity contribution in [2.75, 3.05) is 17.2 Å². The van der Waals surface area contributed by atoms with Crippen molar-refractivity contribution in [1.29, 1.82) is 0 Å². The molecule has 2 aromatic carbocycles. The lowest BCUT2D eigenvalue weighted by molar-refractivity contribution is 0.0927. The first kappa shape index (κ1) is 22.9. The maximum atomic E-state index is 13.1. The second-order valence-electron chi connectivity index (χ2n) is 6.83. The highest BCUT2D eigenvalue weighted by molar-refractivity contribution is 6.34. The minimum absolute atomic E-state index is 0.0146. The molecular formula is C21H19ClFN5O4. The molecule has 9 nitrogen and oxygen atoms in total. The minimum atomic E-state index is -0.677. The first-order chi connectivity index (χ1) is 15.2. The fourth-order valence-electron chi connectivity index (χ4n) is 2.60. The molecule has 0 radical (unpaired) electrons. The molecule has 0 bridgehead atoms. The number of rotatable bonds is 7. The van der Waals surface area contributed by atoms with Crippen LogP contribution in [-0.2, 0) is 0 Å². The quantitative estimate of drug-likeness (QED) is 0.428. The summed E-state index contributed by atoms with van der Waals surface area (Å²) in [6, 6.07) is 9.35. The summed E-state index contributed by atoms with van der Waals surface area (Å²) in [7, 11) is 0. The summed E-state index contributed by atoms with van der Waals surface area (Å²) in [6.45, 7) is 1.93. The molecule has 5 N–H and O–H groups in total. The summed E-state index contributed by atoms with van der Waals surface area (Å²) >= 11 is 5.90. The second-order valence-corrected chi connectivity index (χ2v) is 7.23. The Morgan fingerprint density at radius 2 is 1.69 bits per heavy atom. The molecule has 1 atom stereocenters. The van der Waals surface area contributed by atoms with Crippen molar-refractivity contribution in [3.8, 4) is 0 Å². The Hall–Kier alpha value is -3.76. The minimum Gasteiger partial charge on any atom is -0.437 e. The standard InChI is InChI=1S/C21H19ClFN5O4/c1-11(24)9-25-20(30)17-18(32-10-26-17)21(31)28-14-5-3-13(4-6-14)27-19(29)15-7-2-12(23)8-16(15)22/h2-8,10-11H,9,24H2,1H3,(H,25,30)(H,27,29)(H,28,31). The van der Waals surface area contributed by atoms with Gasteiger partial charge in [0, 0.05) is 24.0 Å². The van der Waals surface area contributed by atoms with Crippen LogP contribution in [0, 0.1) is 5.82 Å². The summed E-state index contributed by atoms with van der Waals surface area (Å²) < 4.78 is 18.2.